The Morgan fingerprint density at radius 2 is 2.03 bits per heavy atom. The number of amides is 1. The molecule has 1 N–H and O–H groups in total. The first kappa shape index (κ1) is 19.6. The molecule has 0 aliphatic carbocycles. The number of ether oxygens (including phenoxy) is 2. The lowest BCUT2D eigenvalue weighted by molar-refractivity contribution is -0.115. The van der Waals surface area contributed by atoms with Crippen LogP contribution in [-0.2, 0) is 11.8 Å². The first-order valence-corrected chi connectivity index (χ1v) is 10.3. The maximum atomic E-state index is 12.5. The molecule has 0 unspecified atom stereocenters. The van der Waals surface area contributed by atoms with E-state index in [-0.39, 0.29) is 17.3 Å². The second kappa shape index (κ2) is 8.34. The molecule has 1 aliphatic rings. The smallest absolute Gasteiger partial charge is 0.237 e. The van der Waals surface area contributed by atoms with Crippen molar-refractivity contribution in [3.8, 4) is 11.5 Å². The fourth-order valence-electron chi connectivity index (χ4n) is 2.88. The third-order valence-corrected chi connectivity index (χ3v) is 5.78. The number of para-hydroxylation sites is 2. The number of halogens is 1. The summed E-state index contributed by atoms with van der Waals surface area (Å²) in [7, 11) is 1.85. The van der Waals surface area contributed by atoms with Crippen LogP contribution >= 0.6 is 23.4 Å². The van der Waals surface area contributed by atoms with Gasteiger partial charge in [-0.3, -0.25) is 4.79 Å². The van der Waals surface area contributed by atoms with E-state index in [2.05, 4.69) is 15.5 Å². The zero-order valence-electron chi connectivity index (χ0n) is 15.8. The molecular weight excluding hydrogens is 412 g/mol. The first-order valence-electron chi connectivity index (χ1n) is 9.02. The van der Waals surface area contributed by atoms with Crippen LogP contribution in [0.2, 0.25) is 5.02 Å². The summed E-state index contributed by atoms with van der Waals surface area (Å²) in [5.41, 5.74) is 0.653. The van der Waals surface area contributed by atoms with Gasteiger partial charge in [0.05, 0.1) is 5.25 Å². The lowest BCUT2D eigenvalue weighted by Crippen LogP contribution is -2.25. The summed E-state index contributed by atoms with van der Waals surface area (Å²) in [4.78, 5) is 12.5. The summed E-state index contributed by atoms with van der Waals surface area (Å²) in [6, 6.07) is 14.5. The van der Waals surface area contributed by atoms with Gasteiger partial charge in [0.2, 0.25) is 5.91 Å². The summed E-state index contributed by atoms with van der Waals surface area (Å²) in [5, 5.41) is 12.2. The lowest BCUT2D eigenvalue weighted by Gasteiger charge is -2.25. The molecule has 4 rings (SSSR count). The van der Waals surface area contributed by atoms with Crippen LogP contribution in [0.25, 0.3) is 0 Å². The first-order chi connectivity index (χ1) is 14.0. The summed E-state index contributed by atoms with van der Waals surface area (Å²) in [6.45, 7) is 2.16. The number of nitrogens with zero attached hydrogens (tertiary/aromatic N) is 3. The monoisotopic (exact) mass is 430 g/mol. The Kier molecular flexibility index (Phi) is 5.64. The molecule has 2 atom stereocenters. The van der Waals surface area contributed by atoms with Crippen molar-refractivity contribution in [2.24, 2.45) is 7.05 Å². The molecule has 0 saturated carbocycles. The minimum atomic E-state index is -0.381. The third kappa shape index (κ3) is 4.33. The van der Waals surface area contributed by atoms with Gasteiger partial charge >= 0.3 is 0 Å². The summed E-state index contributed by atoms with van der Waals surface area (Å²) < 4.78 is 13.6. The van der Waals surface area contributed by atoms with Crippen LogP contribution in [0.1, 0.15) is 18.9 Å². The summed E-state index contributed by atoms with van der Waals surface area (Å²) in [5.74, 6) is 1.89. The largest absolute Gasteiger partial charge is 0.485 e. The molecule has 1 amide bonds. The number of thioether (sulfide) groups is 1. The molecule has 9 heteroatoms. The van der Waals surface area contributed by atoms with E-state index in [1.165, 1.54) is 11.8 Å². The molecule has 0 saturated heterocycles. The zero-order valence-corrected chi connectivity index (χ0v) is 17.4. The number of carbonyl (C=O) groups excluding carboxylic acids is 1. The average Bonchev–Trinajstić information content (AvgIpc) is 3.08. The van der Waals surface area contributed by atoms with Crippen LogP contribution in [0.5, 0.6) is 11.5 Å². The minimum absolute atomic E-state index is 0.145. The standard InChI is InChI=1S/C20H19ClN4O3S/c1-12(19(26)22-14-7-5-6-13(21)10-14)29-20-24-23-18(25(20)2)17-11-27-15-8-3-4-9-16(15)28-17/h3-10,12,17H,11H2,1-2H3,(H,22,26)/t12-,17-/m1/s1. The number of anilines is 1. The molecular formula is C20H19ClN4O3S. The van der Waals surface area contributed by atoms with Crippen molar-refractivity contribution in [1.29, 1.82) is 0 Å². The van der Waals surface area contributed by atoms with Crippen molar-refractivity contribution < 1.29 is 14.3 Å². The summed E-state index contributed by atoms with van der Waals surface area (Å²) >= 11 is 7.29. The van der Waals surface area contributed by atoms with Crippen molar-refractivity contribution in [3.63, 3.8) is 0 Å². The van der Waals surface area contributed by atoms with Gasteiger partial charge < -0.3 is 19.4 Å². The number of fused-ring (bicyclic) bond motifs is 1. The molecule has 0 fully saturated rings. The molecule has 0 radical (unpaired) electrons. The zero-order chi connectivity index (χ0) is 20.4. The van der Waals surface area contributed by atoms with Crippen LogP contribution < -0.4 is 14.8 Å². The molecule has 2 heterocycles. The van der Waals surface area contributed by atoms with Crippen LogP contribution in [0.3, 0.4) is 0 Å². The highest BCUT2D eigenvalue weighted by atomic mass is 35.5. The van der Waals surface area contributed by atoms with E-state index >= 15 is 0 Å². The number of nitrogens with one attached hydrogen (secondary N) is 1. The van der Waals surface area contributed by atoms with E-state index in [1.807, 2.05) is 42.8 Å². The van der Waals surface area contributed by atoms with Crippen LogP contribution in [0.15, 0.2) is 53.7 Å². The normalized spacial score (nSPS) is 16.3. The maximum absolute atomic E-state index is 12.5. The van der Waals surface area contributed by atoms with Crippen LogP contribution in [0, 0.1) is 0 Å². The number of benzene rings is 2. The lowest BCUT2D eigenvalue weighted by atomic mass is 10.2. The molecule has 1 aromatic heterocycles. The fraction of sp³-hybridized carbons (Fsp3) is 0.250. The molecule has 1 aliphatic heterocycles. The van der Waals surface area contributed by atoms with Crippen LogP contribution in [0.4, 0.5) is 5.69 Å². The molecule has 7 nitrogen and oxygen atoms in total. The van der Waals surface area contributed by atoms with E-state index in [4.69, 9.17) is 21.1 Å². The van der Waals surface area contributed by atoms with E-state index < -0.39 is 0 Å². The molecule has 2 aromatic carbocycles. The Morgan fingerprint density at radius 3 is 2.83 bits per heavy atom. The van der Waals surface area contributed by atoms with E-state index in [0.29, 0.717) is 39.8 Å². The molecule has 29 heavy (non-hydrogen) atoms. The maximum Gasteiger partial charge on any atom is 0.237 e. The predicted molar refractivity (Wildman–Crippen MR) is 112 cm³/mol. The highest BCUT2D eigenvalue weighted by molar-refractivity contribution is 8.00. The van der Waals surface area contributed by atoms with E-state index in [0.717, 1.165) is 0 Å². The second-order valence-electron chi connectivity index (χ2n) is 6.52. The topological polar surface area (TPSA) is 78.3 Å². The Hall–Kier alpha value is -2.71. The van der Waals surface area contributed by atoms with Crippen LogP contribution in [-0.4, -0.2) is 32.5 Å². The number of hydrogen-bond acceptors (Lipinski definition) is 6. The summed E-state index contributed by atoms with van der Waals surface area (Å²) in [6.07, 6.45) is -0.368. The van der Waals surface area contributed by atoms with Crippen molar-refractivity contribution in [1.82, 2.24) is 14.8 Å². The number of hydrogen-bond donors (Lipinski definition) is 1. The molecule has 0 bridgehead atoms. The molecule has 3 aromatic rings. The van der Waals surface area contributed by atoms with Gasteiger partial charge in [-0.2, -0.15) is 0 Å². The molecule has 0 spiro atoms. The average molecular weight is 431 g/mol. The third-order valence-electron chi connectivity index (χ3n) is 4.41. The van der Waals surface area contributed by atoms with Gasteiger partial charge in [0, 0.05) is 17.8 Å². The number of rotatable bonds is 5. The van der Waals surface area contributed by atoms with Gasteiger partial charge in [0.15, 0.2) is 28.6 Å². The minimum Gasteiger partial charge on any atom is -0.485 e. The van der Waals surface area contributed by atoms with Gasteiger partial charge in [-0.05, 0) is 37.3 Å². The van der Waals surface area contributed by atoms with Crippen molar-refractivity contribution in [2.45, 2.75) is 23.4 Å². The van der Waals surface area contributed by atoms with Gasteiger partial charge in [0.1, 0.15) is 6.61 Å². The Labute approximate surface area is 177 Å². The van der Waals surface area contributed by atoms with Gasteiger partial charge in [-0.1, -0.05) is 41.6 Å². The highest BCUT2D eigenvalue weighted by Crippen LogP contribution is 2.36. The highest BCUT2D eigenvalue weighted by Gasteiger charge is 2.28. The Bertz CT molecular complexity index is 1040. The Balaban J connectivity index is 1.43. The van der Waals surface area contributed by atoms with Gasteiger partial charge in [-0.15, -0.1) is 10.2 Å². The van der Waals surface area contributed by atoms with Crippen molar-refractivity contribution >= 4 is 35.0 Å². The van der Waals surface area contributed by atoms with Crippen molar-refractivity contribution in [2.75, 3.05) is 11.9 Å². The number of carbonyl (C=O) groups is 1. The van der Waals surface area contributed by atoms with Gasteiger partial charge in [-0.25, -0.2) is 0 Å². The SMILES string of the molecule is C[C@@H](Sc1nnc([C@H]2COc3ccccc3O2)n1C)C(=O)Nc1cccc(Cl)c1. The van der Waals surface area contributed by atoms with E-state index in [1.54, 1.807) is 24.3 Å². The van der Waals surface area contributed by atoms with Crippen molar-refractivity contribution in [3.05, 3.63) is 59.4 Å². The van der Waals surface area contributed by atoms with E-state index in [9.17, 15) is 4.79 Å². The number of aromatic nitrogens is 3. The molecule has 150 valence electrons. The van der Waals surface area contributed by atoms with Gasteiger partial charge in [0.25, 0.3) is 0 Å². The fourth-order valence-corrected chi connectivity index (χ4v) is 3.89. The Morgan fingerprint density at radius 1 is 1.24 bits per heavy atom. The predicted octanol–water partition coefficient (Wildman–Crippen LogP) is 4.10. The quantitative estimate of drug-likeness (QED) is 0.614. The second-order valence-corrected chi connectivity index (χ2v) is 8.27.